The van der Waals surface area contributed by atoms with Gasteiger partial charge in [-0.25, -0.2) is 4.39 Å². The third kappa shape index (κ3) is 2.81. The Labute approximate surface area is 84.6 Å². The summed E-state index contributed by atoms with van der Waals surface area (Å²) >= 11 is 0. The largest absolute Gasteiger partial charge is 0.396 e. The van der Waals surface area contributed by atoms with Gasteiger partial charge in [0.15, 0.2) is 0 Å². The van der Waals surface area contributed by atoms with Crippen LogP contribution in [0.3, 0.4) is 0 Å². The van der Waals surface area contributed by atoms with Crippen molar-refractivity contribution in [1.29, 1.82) is 0 Å². The Morgan fingerprint density at radius 1 is 1.29 bits per heavy atom. The number of benzene rings is 1. The summed E-state index contributed by atoms with van der Waals surface area (Å²) in [6, 6.07) is 7.72. The molecule has 1 N–H and O–H groups in total. The van der Waals surface area contributed by atoms with Crippen LogP contribution in [0.5, 0.6) is 0 Å². The first-order chi connectivity index (χ1) is 6.65. The molecule has 1 rings (SSSR count). The molecule has 0 saturated carbocycles. The van der Waals surface area contributed by atoms with Gasteiger partial charge < -0.3 is 5.11 Å². The van der Waals surface area contributed by atoms with E-state index >= 15 is 0 Å². The molecule has 1 aromatic carbocycles. The summed E-state index contributed by atoms with van der Waals surface area (Å²) in [6.45, 7) is 3.61. The minimum Gasteiger partial charge on any atom is -0.396 e. The summed E-state index contributed by atoms with van der Waals surface area (Å²) < 4.78 is 12.9. The van der Waals surface area contributed by atoms with Gasteiger partial charge in [0, 0.05) is 18.9 Å². The van der Waals surface area contributed by atoms with Gasteiger partial charge >= 0.3 is 0 Å². The molecule has 0 aliphatic carbocycles. The molecule has 1 aromatic rings. The van der Waals surface area contributed by atoms with Crippen molar-refractivity contribution in [3.63, 3.8) is 0 Å². The molecule has 2 atom stereocenters. The second kappa shape index (κ2) is 5.11. The van der Waals surface area contributed by atoms with Crippen LogP contribution in [0.25, 0.3) is 0 Å². The number of alkyl halides is 1. The lowest BCUT2D eigenvalue weighted by Crippen LogP contribution is -2.07. The topological polar surface area (TPSA) is 20.2 Å². The second-order valence-electron chi connectivity index (χ2n) is 3.77. The molecule has 0 aliphatic heterocycles. The predicted octanol–water partition coefficient (Wildman–Crippen LogP) is 2.68. The van der Waals surface area contributed by atoms with Gasteiger partial charge in [-0.15, -0.1) is 0 Å². The Balaban J connectivity index is 2.91. The highest BCUT2D eigenvalue weighted by Gasteiger charge is 2.10. The van der Waals surface area contributed by atoms with E-state index in [0.29, 0.717) is 6.42 Å². The maximum Gasteiger partial charge on any atom is 0.101 e. The summed E-state index contributed by atoms with van der Waals surface area (Å²) in [6.07, 6.45) is -0.400. The number of rotatable bonds is 4. The number of aliphatic hydroxyl groups excluding tert-OH is 1. The van der Waals surface area contributed by atoms with Gasteiger partial charge in [0.25, 0.3) is 0 Å². The third-order valence-corrected chi connectivity index (χ3v) is 2.36. The highest BCUT2D eigenvalue weighted by molar-refractivity contribution is 5.30. The highest BCUT2D eigenvalue weighted by atomic mass is 19.1. The molecule has 14 heavy (non-hydrogen) atoms. The van der Waals surface area contributed by atoms with Crippen molar-refractivity contribution in [2.24, 2.45) is 0 Å². The lowest BCUT2D eigenvalue weighted by atomic mass is 9.94. The van der Waals surface area contributed by atoms with Gasteiger partial charge in [-0.3, -0.25) is 0 Å². The highest BCUT2D eigenvalue weighted by Crippen LogP contribution is 2.21. The Bertz CT molecular complexity index is 283. The molecule has 0 saturated heterocycles. The van der Waals surface area contributed by atoms with Gasteiger partial charge in [0.05, 0.1) is 0 Å². The van der Waals surface area contributed by atoms with Crippen molar-refractivity contribution in [2.45, 2.75) is 32.4 Å². The lowest BCUT2D eigenvalue weighted by molar-refractivity contribution is 0.272. The fourth-order valence-corrected chi connectivity index (χ4v) is 1.60. The average Bonchev–Trinajstić information content (AvgIpc) is 2.16. The van der Waals surface area contributed by atoms with Crippen LogP contribution in [0.1, 0.15) is 30.9 Å². The van der Waals surface area contributed by atoms with E-state index in [2.05, 4.69) is 0 Å². The predicted molar refractivity (Wildman–Crippen MR) is 56.2 cm³/mol. The van der Waals surface area contributed by atoms with E-state index in [0.717, 1.165) is 11.1 Å². The zero-order valence-corrected chi connectivity index (χ0v) is 8.70. The van der Waals surface area contributed by atoms with E-state index < -0.39 is 6.17 Å². The molecule has 0 heterocycles. The summed E-state index contributed by atoms with van der Waals surface area (Å²) in [4.78, 5) is 0. The van der Waals surface area contributed by atoms with E-state index in [1.165, 1.54) is 0 Å². The molecule has 0 amide bonds. The van der Waals surface area contributed by atoms with Crippen LogP contribution in [0, 0.1) is 0 Å². The molecule has 2 heteroatoms. The SMILES string of the molecule is CC(F)Cc1ccccc1C(C)CO. The Hall–Kier alpha value is -0.890. The lowest BCUT2D eigenvalue weighted by Gasteiger charge is -2.14. The number of hydrogen-bond donors (Lipinski definition) is 1. The molecule has 0 bridgehead atoms. The summed E-state index contributed by atoms with van der Waals surface area (Å²) in [5.74, 6) is 0.0879. The summed E-state index contributed by atoms with van der Waals surface area (Å²) in [5.41, 5.74) is 2.06. The van der Waals surface area contributed by atoms with Gasteiger partial charge in [-0.2, -0.15) is 0 Å². The molecule has 0 spiro atoms. The zero-order chi connectivity index (χ0) is 10.6. The first kappa shape index (κ1) is 11.2. The van der Waals surface area contributed by atoms with Crippen molar-refractivity contribution >= 4 is 0 Å². The van der Waals surface area contributed by atoms with E-state index in [9.17, 15) is 4.39 Å². The molecule has 0 fully saturated rings. The smallest absolute Gasteiger partial charge is 0.101 e. The fourth-order valence-electron chi connectivity index (χ4n) is 1.60. The fraction of sp³-hybridized carbons (Fsp3) is 0.500. The van der Waals surface area contributed by atoms with Crippen LogP contribution < -0.4 is 0 Å². The van der Waals surface area contributed by atoms with E-state index in [1.807, 2.05) is 31.2 Å². The normalized spacial score (nSPS) is 15.1. The molecule has 78 valence electrons. The first-order valence-corrected chi connectivity index (χ1v) is 4.98. The van der Waals surface area contributed by atoms with Gasteiger partial charge in [0.2, 0.25) is 0 Å². The Kier molecular flexibility index (Phi) is 4.08. The third-order valence-electron chi connectivity index (χ3n) is 2.36. The van der Waals surface area contributed by atoms with Gasteiger partial charge in [-0.05, 0) is 18.1 Å². The first-order valence-electron chi connectivity index (χ1n) is 4.98. The number of halogens is 1. The molecule has 0 aliphatic rings. The van der Waals surface area contributed by atoms with Crippen molar-refractivity contribution < 1.29 is 9.50 Å². The summed E-state index contributed by atoms with van der Waals surface area (Å²) in [5, 5.41) is 9.05. The zero-order valence-electron chi connectivity index (χ0n) is 8.70. The monoisotopic (exact) mass is 196 g/mol. The van der Waals surface area contributed by atoms with Crippen molar-refractivity contribution in [2.75, 3.05) is 6.61 Å². The molecule has 0 radical (unpaired) electrons. The Morgan fingerprint density at radius 3 is 2.50 bits per heavy atom. The van der Waals surface area contributed by atoms with E-state index in [-0.39, 0.29) is 12.5 Å². The summed E-state index contributed by atoms with van der Waals surface area (Å²) in [7, 11) is 0. The Morgan fingerprint density at radius 2 is 1.93 bits per heavy atom. The molecule has 2 unspecified atom stereocenters. The van der Waals surface area contributed by atoms with Crippen molar-refractivity contribution in [1.82, 2.24) is 0 Å². The van der Waals surface area contributed by atoms with Gasteiger partial charge in [0.1, 0.15) is 6.17 Å². The van der Waals surface area contributed by atoms with Crippen molar-refractivity contribution in [3.8, 4) is 0 Å². The number of aliphatic hydroxyl groups is 1. The molecular weight excluding hydrogens is 179 g/mol. The average molecular weight is 196 g/mol. The second-order valence-corrected chi connectivity index (χ2v) is 3.77. The van der Waals surface area contributed by atoms with Crippen molar-refractivity contribution in [3.05, 3.63) is 35.4 Å². The standard InChI is InChI=1S/C12H17FO/c1-9(8-14)12-6-4-3-5-11(12)7-10(2)13/h3-6,9-10,14H,7-8H2,1-2H3. The van der Waals surface area contributed by atoms with Crippen LogP contribution in [0.15, 0.2) is 24.3 Å². The number of hydrogen-bond acceptors (Lipinski definition) is 1. The van der Waals surface area contributed by atoms with Crippen LogP contribution in [-0.2, 0) is 6.42 Å². The maximum absolute atomic E-state index is 12.9. The maximum atomic E-state index is 12.9. The molecule has 1 nitrogen and oxygen atoms in total. The van der Waals surface area contributed by atoms with Crippen LogP contribution >= 0.6 is 0 Å². The van der Waals surface area contributed by atoms with Crippen LogP contribution in [-0.4, -0.2) is 17.9 Å². The minimum absolute atomic E-state index is 0.0879. The quantitative estimate of drug-likeness (QED) is 0.785. The van der Waals surface area contributed by atoms with Crippen LogP contribution in [0.4, 0.5) is 4.39 Å². The van der Waals surface area contributed by atoms with E-state index in [4.69, 9.17) is 5.11 Å². The van der Waals surface area contributed by atoms with E-state index in [1.54, 1.807) is 6.92 Å². The molecule has 0 aromatic heterocycles. The van der Waals surface area contributed by atoms with Gasteiger partial charge in [-0.1, -0.05) is 31.2 Å². The molecular formula is C12H17FO. The van der Waals surface area contributed by atoms with Crippen LogP contribution in [0.2, 0.25) is 0 Å². The minimum atomic E-state index is -0.831.